The second-order valence-electron chi connectivity index (χ2n) is 4.29. The standard InChI is InChI=1S/C11H21NO3/c1-4-10(15-3)9-5-8(2)6-12(9)11(14)7-13/h8-10,13H,4-7H2,1-3H3. The van der Waals surface area contributed by atoms with Crippen molar-refractivity contribution in [2.24, 2.45) is 5.92 Å². The highest BCUT2D eigenvalue weighted by atomic mass is 16.5. The number of likely N-dealkylation sites (tertiary alicyclic amines) is 1. The second kappa shape index (κ2) is 5.47. The fourth-order valence-electron chi connectivity index (χ4n) is 2.41. The minimum atomic E-state index is -0.399. The van der Waals surface area contributed by atoms with E-state index in [0.717, 1.165) is 19.4 Å². The zero-order valence-corrected chi connectivity index (χ0v) is 9.77. The predicted molar refractivity (Wildman–Crippen MR) is 57.5 cm³/mol. The Hall–Kier alpha value is -0.610. The molecule has 0 aliphatic carbocycles. The SMILES string of the molecule is CCC(OC)C1CC(C)CN1C(=O)CO. The molecule has 88 valence electrons. The Morgan fingerprint density at radius 1 is 1.67 bits per heavy atom. The molecule has 0 radical (unpaired) electrons. The number of ether oxygens (including phenoxy) is 1. The van der Waals surface area contributed by atoms with E-state index in [0.29, 0.717) is 5.92 Å². The lowest BCUT2D eigenvalue weighted by atomic mass is 10.0. The van der Waals surface area contributed by atoms with Gasteiger partial charge in [0.25, 0.3) is 0 Å². The average Bonchev–Trinajstić information content (AvgIpc) is 2.61. The monoisotopic (exact) mass is 215 g/mol. The van der Waals surface area contributed by atoms with Crippen molar-refractivity contribution in [3.8, 4) is 0 Å². The highest BCUT2D eigenvalue weighted by molar-refractivity contribution is 5.77. The molecule has 1 aliphatic rings. The molecule has 3 unspecified atom stereocenters. The van der Waals surface area contributed by atoms with Crippen LogP contribution in [0.15, 0.2) is 0 Å². The number of aliphatic hydroxyl groups is 1. The number of hydrogen-bond donors (Lipinski definition) is 1. The van der Waals surface area contributed by atoms with Gasteiger partial charge in [0.05, 0.1) is 12.1 Å². The van der Waals surface area contributed by atoms with E-state index in [2.05, 4.69) is 13.8 Å². The van der Waals surface area contributed by atoms with Crippen LogP contribution in [0.25, 0.3) is 0 Å². The summed E-state index contributed by atoms with van der Waals surface area (Å²) in [5.41, 5.74) is 0. The first-order chi connectivity index (χ1) is 7.13. The van der Waals surface area contributed by atoms with Crippen molar-refractivity contribution in [1.29, 1.82) is 0 Å². The van der Waals surface area contributed by atoms with Crippen LogP contribution in [0, 0.1) is 5.92 Å². The zero-order chi connectivity index (χ0) is 11.4. The highest BCUT2D eigenvalue weighted by Gasteiger charge is 2.37. The number of carbonyl (C=O) groups excluding carboxylic acids is 1. The molecule has 3 atom stereocenters. The molecule has 1 fully saturated rings. The molecule has 1 aliphatic heterocycles. The molecule has 1 saturated heterocycles. The maximum Gasteiger partial charge on any atom is 0.248 e. The van der Waals surface area contributed by atoms with Crippen LogP contribution in [-0.2, 0) is 9.53 Å². The Labute approximate surface area is 91.2 Å². The number of amides is 1. The van der Waals surface area contributed by atoms with Crippen molar-refractivity contribution < 1.29 is 14.6 Å². The molecule has 15 heavy (non-hydrogen) atoms. The molecule has 1 heterocycles. The van der Waals surface area contributed by atoms with Crippen molar-refractivity contribution >= 4 is 5.91 Å². The molecule has 0 aromatic carbocycles. The van der Waals surface area contributed by atoms with E-state index in [1.807, 2.05) is 0 Å². The predicted octanol–water partition coefficient (Wildman–Crippen LogP) is 0.641. The van der Waals surface area contributed by atoms with Gasteiger partial charge in [0.1, 0.15) is 6.61 Å². The van der Waals surface area contributed by atoms with Crippen LogP contribution in [-0.4, -0.2) is 48.3 Å². The van der Waals surface area contributed by atoms with Gasteiger partial charge in [-0.1, -0.05) is 13.8 Å². The molecule has 0 bridgehead atoms. The van der Waals surface area contributed by atoms with Gasteiger partial charge in [-0.05, 0) is 18.8 Å². The zero-order valence-electron chi connectivity index (χ0n) is 9.77. The molecule has 1 N–H and O–H groups in total. The fourth-order valence-corrected chi connectivity index (χ4v) is 2.41. The van der Waals surface area contributed by atoms with E-state index in [4.69, 9.17) is 9.84 Å². The minimum Gasteiger partial charge on any atom is -0.387 e. The van der Waals surface area contributed by atoms with Gasteiger partial charge in [0.2, 0.25) is 5.91 Å². The van der Waals surface area contributed by atoms with Gasteiger partial charge < -0.3 is 14.7 Å². The first kappa shape index (κ1) is 12.5. The van der Waals surface area contributed by atoms with Gasteiger partial charge in [0, 0.05) is 13.7 Å². The number of rotatable bonds is 4. The first-order valence-electron chi connectivity index (χ1n) is 5.57. The summed E-state index contributed by atoms with van der Waals surface area (Å²) in [7, 11) is 1.68. The largest absolute Gasteiger partial charge is 0.387 e. The Morgan fingerprint density at radius 2 is 2.33 bits per heavy atom. The smallest absolute Gasteiger partial charge is 0.248 e. The molecule has 1 amide bonds. The summed E-state index contributed by atoms with van der Waals surface area (Å²) in [4.78, 5) is 13.3. The Bertz CT molecular complexity index is 216. The van der Waals surface area contributed by atoms with Crippen LogP contribution in [0.1, 0.15) is 26.7 Å². The Morgan fingerprint density at radius 3 is 2.80 bits per heavy atom. The van der Waals surface area contributed by atoms with Gasteiger partial charge in [-0.2, -0.15) is 0 Å². The van der Waals surface area contributed by atoms with E-state index in [1.54, 1.807) is 12.0 Å². The lowest BCUT2D eigenvalue weighted by molar-refractivity contribution is -0.137. The minimum absolute atomic E-state index is 0.0884. The molecule has 4 heteroatoms. The summed E-state index contributed by atoms with van der Waals surface area (Å²) in [5.74, 6) is 0.314. The van der Waals surface area contributed by atoms with Crippen LogP contribution in [0.3, 0.4) is 0 Å². The van der Waals surface area contributed by atoms with Gasteiger partial charge >= 0.3 is 0 Å². The summed E-state index contributed by atoms with van der Waals surface area (Å²) >= 11 is 0. The van der Waals surface area contributed by atoms with Crippen molar-refractivity contribution in [1.82, 2.24) is 4.90 Å². The number of methoxy groups -OCH3 is 1. The van der Waals surface area contributed by atoms with Crippen LogP contribution < -0.4 is 0 Å². The normalized spacial score (nSPS) is 28.1. The Balaban J connectivity index is 2.71. The number of hydrogen-bond acceptors (Lipinski definition) is 3. The number of aliphatic hydroxyl groups excluding tert-OH is 1. The summed E-state index contributed by atoms with van der Waals surface area (Å²) in [6.07, 6.45) is 1.95. The highest BCUT2D eigenvalue weighted by Crippen LogP contribution is 2.27. The third kappa shape index (κ3) is 2.69. The first-order valence-corrected chi connectivity index (χ1v) is 5.57. The van der Waals surface area contributed by atoms with E-state index in [9.17, 15) is 4.79 Å². The lowest BCUT2D eigenvalue weighted by Gasteiger charge is -2.29. The Kier molecular flexibility index (Phi) is 4.54. The second-order valence-corrected chi connectivity index (χ2v) is 4.29. The summed E-state index contributed by atoms with van der Waals surface area (Å²) < 4.78 is 5.38. The molecule has 4 nitrogen and oxygen atoms in total. The summed E-state index contributed by atoms with van der Waals surface area (Å²) in [6, 6.07) is 0.134. The third-order valence-electron chi connectivity index (χ3n) is 3.14. The van der Waals surface area contributed by atoms with Crippen molar-refractivity contribution in [2.75, 3.05) is 20.3 Å². The topological polar surface area (TPSA) is 49.8 Å². The number of nitrogens with zero attached hydrogens (tertiary/aromatic N) is 1. The summed E-state index contributed by atoms with van der Waals surface area (Å²) in [5, 5.41) is 8.89. The van der Waals surface area contributed by atoms with Gasteiger partial charge in [0.15, 0.2) is 0 Å². The fraction of sp³-hybridized carbons (Fsp3) is 0.909. The maximum atomic E-state index is 11.5. The van der Waals surface area contributed by atoms with Gasteiger partial charge in [-0.15, -0.1) is 0 Å². The van der Waals surface area contributed by atoms with Crippen molar-refractivity contribution in [2.45, 2.75) is 38.8 Å². The van der Waals surface area contributed by atoms with Gasteiger partial charge in [-0.3, -0.25) is 4.79 Å². The third-order valence-corrected chi connectivity index (χ3v) is 3.14. The van der Waals surface area contributed by atoms with Crippen molar-refractivity contribution in [3.63, 3.8) is 0 Å². The van der Waals surface area contributed by atoms with Crippen molar-refractivity contribution in [3.05, 3.63) is 0 Å². The van der Waals surface area contributed by atoms with Crippen LogP contribution in [0.5, 0.6) is 0 Å². The quantitative estimate of drug-likeness (QED) is 0.748. The lowest BCUT2D eigenvalue weighted by Crippen LogP contribution is -2.44. The maximum absolute atomic E-state index is 11.5. The molecule has 0 aromatic rings. The molecule has 0 aromatic heterocycles. The molecule has 0 spiro atoms. The van der Waals surface area contributed by atoms with E-state index < -0.39 is 6.61 Å². The molecular formula is C11H21NO3. The van der Waals surface area contributed by atoms with Crippen LogP contribution in [0.4, 0.5) is 0 Å². The average molecular weight is 215 g/mol. The molecular weight excluding hydrogens is 194 g/mol. The van der Waals surface area contributed by atoms with Crippen LogP contribution in [0.2, 0.25) is 0 Å². The molecule has 0 saturated carbocycles. The van der Waals surface area contributed by atoms with E-state index >= 15 is 0 Å². The molecule has 1 rings (SSSR count). The van der Waals surface area contributed by atoms with E-state index in [-0.39, 0.29) is 18.1 Å². The van der Waals surface area contributed by atoms with Gasteiger partial charge in [-0.25, -0.2) is 0 Å². The van der Waals surface area contributed by atoms with E-state index in [1.165, 1.54) is 0 Å². The van der Waals surface area contributed by atoms with Crippen LogP contribution >= 0.6 is 0 Å². The summed E-state index contributed by atoms with van der Waals surface area (Å²) in [6.45, 7) is 4.52. The number of carbonyl (C=O) groups is 1.